The number of nitrogens with zero attached hydrogens (tertiary/aromatic N) is 7. The van der Waals surface area contributed by atoms with Crippen molar-refractivity contribution in [3.8, 4) is 22.4 Å². The summed E-state index contributed by atoms with van der Waals surface area (Å²) in [5.74, 6) is 0.0941. The highest BCUT2D eigenvalue weighted by Gasteiger charge is 2.34. The van der Waals surface area contributed by atoms with Gasteiger partial charge in [0.15, 0.2) is 0 Å². The molecule has 176 valence electrons. The van der Waals surface area contributed by atoms with Crippen LogP contribution in [0.25, 0.3) is 22.4 Å². The molecule has 0 unspecified atom stereocenters. The lowest BCUT2D eigenvalue weighted by Crippen LogP contribution is -2.31. The van der Waals surface area contributed by atoms with Crippen molar-refractivity contribution in [1.29, 1.82) is 0 Å². The molecule has 5 rings (SSSR count). The molecule has 1 aliphatic rings. The number of rotatable bonds is 5. The normalized spacial score (nSPS) is 15.3. The summed E-state index contributed by atoms with van der Waals surface area (Å²) in [4.78, 5) is 39.1. The number of halogens is 1. The van der Waals surface area contributed by atoms with Crippen LogP contribution in [0.3, 0.4) is 0 Å². The number of pyridine rings is 1. The monoisotopic (exact) mass is 469 g/mol. The van der Waals surface area contributed by atoms with Gasteiger partial charge in [-0.25, -0.2) is 24.3 Å². The second-order valence-corrected chi connectivity index (χ2v) is 8.59. The van der Waals surface area contributed by atoms with Crippen molar-refractivity contribution in [1.82, 2.24) is 29.8 Å². The van der Waals surface area contributed by atoms with Crippen molar-refractivity contribution in [2.45, 2.75) is 18.9 Å². The minimum Gasteiger partial charge on any atom is -0.347 e. The van der Waals surface area contributed by atoms with Gasteiger partial charge >= 0.3 is 0 Å². The van der Waals surface area contributed by atoms with Crippen LogP contribution in [-0.2, 0) is 0 Å². The van der Waals surface area contributed by atoms with Gasteiger partial charge in [-0.2, -0.15) is 0 Å². The zero-order valence-electron chi connectivity index (χ0n) is 19.5. The fourth-order valence-electron chi connectivity index (χ4n) is 4.35. The van der Waals surface area contributed by atoms with Crippen molar-refractivity contribution in [2.75, 3.05) is 25.5 Å². The van der Waals surface area contributed by atoms with Crippen LogP contribution in [0.1, 0.15) is 34.9 Å². The van der Waals surface area contributed by atoms with Gasteiger partial charge in [-0.05, 0) is 42.7 Å². The summed E-state index contributed by atoms with van der Waals surface area (Å²) < 4.78 is 14.0. The lowest BCUT2D eigenvalue weighted by molar-refractivity contribution is 0.0733. The highest BCUT2D eigenvalue weighted by Crippen LogP contribution is 2.38. The first-order valence-corrected chi connectivity index (χ1v) is 11.3. The van der Waals surface area contributed by atoms with Crippen molar-refractivity contribution in [3.63, 3.8) is 0 Å². The van der Waals surface area contributed by atoms with Crippen LogP contribution < -0.4 is 4.90 Å². The number of anilines is 1. The summed E-state index contributed by atoms with van der Waals surface area (Å²) in [6, 6.07) is 9.58. The average Bonchev–Trinajstić information content (AvgIpc) is 3.38. The van der Waals surface area contributed by atoms with E-state index in [9.17, 15) is 9.18 Å². The molecule has 3 aromatic heterocycles. The molecule has 1 aliphatic heterocycles. The number of amides is 1. The Bertz CT molecular complexity index is 1360. The molecule has 1 amide bonds. The lowest BCUT2D eigenvalue weighted by Gasteiger charge is -2.27. The van der Waals surface area contributed by atoms with Gasteiger partial charge < -0.3 is 9.80 Å². The topological polar surface area (TPSA) is 88.0 Å². The zero-order chi connectivity index (χ0) is 24.4. The largest absolute Gasteiger partial charge is 0.347 e. The molecule has 1 fully saturated rings. The van der Waals surface area contributed by atoms with Crippen molar-refractivity contribution in [3.05, 3.63) is 84.6 Å². The maximum Gasteiger partial charge on any atom is 0.254 e. The van der Waals surface area contributed by atoms with Gasteiger partial charge in [0.1, 0.15) is 12.1 Å². The third-order valence-electron chi connectivity index (χ3n) is 6.03. The molecule has 35 heavy (non-hydrogen) atoms. The fourth-order valence-corrected chi connectivity index (χ4v) is 4.35. The first-order valence-electron chi connectivity index (χ1n) is 11.3. The molecule has 0 spiro atoms. The van der Waals surface area contributed by atoms with Gasteiger partial charge in [-0.15, -0.1) is 0 Å². The lowest BCUT2D eigenvalue weighted by atomic mass is 9.99. The second kappa shape index (κ2) is 9.54. The van der Waals surface area contributed by atoms with Crippen LogP contribution in [-0.4, -0.2) is 56.4 Å². The van der Waals surface area contributed by atoms with Crippen LogP contribution in [0.2, 0.25) is 0 Å². The summed E-state index contributed by atoms with van der Waals surface area (Å²) in [5.41, 5.74) is 4.01. The molecule has 0 aliphatic carbocycles. The van der Waals surface area contributed by atoms with E-state index < -0.39 is 0 Å². The van der Waals surface area contributed by atoms with Gasteiger partial charge in [0, 0.05) is 62.1 Å². The van der Waals surface area contributed by atoms with Crippen molar-refractivity contribution < 1.29 is 9.18 Å². The molecule has 9 heteroatoms. The standard InChI is InChI=1S/C26H24FN7O/c1-33(2)26-31-15-21(17-5-3-6-20(27)11-17)24(32-26)23-7-4-10-34(23)25(35)18-8-9-30-22(12-18)19-13-28-16-29-14-19/h3,5-6,8-9,11-16,23H,4,7,10H2,1-2H3/t23-/m1/s1. The number of carbonyl (C=O) groups excluding carboxylic acids is 1. The number of hydrogen-bond donors (Lipinski definition) is 0. The smallest absolute Gasteiger partial charge is 0.254 e. The number of aromatic nitrogens is 5. The van der Waals surface area contributed by atoms with E-state index in [4.69, 9.17) is 4.98 Å². The molecule has 8 nitrogen and oxygen atoms in total. The van der Waals surface area contributed by atoms with Crippen molar-refractivity contribution in [2.24, 2.45) is 0 Å². The van der Waals surface area contributed by atoms with Crippen LogP contribution in [0.15, 0.2) is 67.5 Å². The van der Waals surface area contributed by atoms with Gasteiger partial charge in [0.25, 0.3) is 5.91 Å². The van der Waals surface area contributed by atoms with Crippen LogP contribution in [0.5, 0.6) is 0 Å². The predicted molar refractivity (Wildman–Crippen MR) is 130 cm³/mol. The average molecular weight is 470 g/mol. The van der Waals surface area contributed by atoms with Crippen molar-refractivity contribution >= 4 is 11.9 Å². The van der Waals surface area contributed by atoms with Gasteiger partial charge in [-0.3, -0.25) is 9.78 Å². The van der Waals surface area contributed by atoms with E-state index in [1.807, 2.05) is 30.0 Å². The van der Waals surface area contributed by atoms with Gasteiger partial charge in [-0.1, -0.05) is 12.1 Å². The summed E-state index contributed by atoms with van der Waals surface area (Å²) >= 11 is 0. The molecule has 0 N–H and O–H groups in total. The van der Waals surface area contributed by atoms with Gasteiger partial charge in [0.2, 0.25) is 5.95 Å². The molecule has 0 bridgehead atoms. The van der Waals surface area contributed by atoms with Crippen LogP contribution >= 0.6 is 0 Å². The third kappa shape index (κ3) is 4.57. The summed E-state index contributed by atoms with van der Waals surface area (Å²) in [5, 5.41) is 0. The van der Waals surface area contributed by atoms with E-state index in [-0.39, 0.29) is 17.8 Å². The summed E-state index contributed by atoms with van der Waals surface area (Å²) in [6.45, 7) is 0.597. The minimum atomic E-state index is -0.335. The number of benzene rings is 1. The minimum absolute atomic E-state index is 0.108. The molecule has 1 atom stereocenters. The quantitative estimate of drug-likeness (QED) is 0.433. The van der Waals surface area contributed by atoms with E-state index in [1.165, 1.54) is 18.5 Å². The van der Waals surface area contributed by atoms with E-state index >= 15 is 0 Å². The highest BCUT2D eigenvalue weighted by atomic mass is 19.1. The Kier molecular flexibility index (Phi) is 6.13. The first kappa shape index (κ1) is 22.5. The third-order valence-corrected chi connectivity index (χ3v) is 6.03. The second-order valence-electron chi connectivity index (χ2n) is 8.59. The summed E-state index contributed by atoms with van der Waals surface area (Å²) in [6.07, 6.45) is 9.70. The predicted octanol–water partition coefficient (Wildman–Crippen LogP) is 4.18. The Hall–Kier alpha value is -4.27. The van der Waals surface area contributed by atoms with Crippen LogP contribution in [0, 0.1) is 5.82 Å². The molecular weight excluding hydrogens is 445 g/mol. The molecule has 4 heterocycles. The maximum atomic E-state index is 14.0. The number of likely N-dealkylation sites (tertiary alicyclic amines) is 1. The van der Waals surface area contributed by atoms with E-state index in [0.29, 0.717) is 35.0 Å². The number of hydrogen-bond acceptors (Lipinski definition) is 7. The maximum absolute atomic E-state index is 14.0. The number of carbonyl (C=O) groups is 1. The summed E-state index contributed by atoms with van der Waals surface area (Å²) in [7, 11) is 3.73. The Balaban J connectivity index is 1.53. The van der Waals surface area contributed by atoms with E-state index in [1.54, 1.807) is 43.0 Å². The molecule has 0 radical (unpaired) electrons. The SMILES string of the molecule is CN(C)c1ncc(-c2cccc(F)c2)c([C@H]2CCCN2C(=O)c2ccnc(-c3cncnc3)c2)n1. The van der Waals surface area contributed by atoms with E-state index in [0.717, 1.165) is 24.0 Å². The fraction of sp³-hybridized carbons (Fsp3) is 0.231. The molecule has 4 aromatic rings. The van der Waals surface area contributed by atoms with Gasteiger partial charge in [0.05, 0.1) is 17.4 Å². The molecule has 0 saturated carbocycles. The Morgan fingerprint density at radius 3 is 2.66 bits per heavy atom. The highest BCUT2D eigenvalue weighted by molar-refractivity contribution is 5.95. The molecular formula is C26H24FN7O. The Labute approximate surface area is 202 Å². The Morgan fingerprint density at radius 1 is 1.06 bits per heavy atom. The van der Waals surface area contributed by atoms with Crippen LogP contribution in [0.4, 0.5) is 10.3 Å². The molecule has 1 saturated heterocycles. The van der Waals surface area contributed by atoms with E-state index in [2.05, 4.69) is 19.9 Å². The first-order chi connectivity index (χ1) is 17.0. The Morgan fingerprint density at radius 2 is 1.89 bits per heavy atom. The molecule has 1 aromatic carbocycles. The zero-order valence-corrected chi connectivity index (χ0v) is 19.5.